The number of ether oxygens (including phenoxy) is 2. The molecule has 7 nitrogen and oxygen atoms in total. The fraction of sp³-hybridized carbons (Fsp3) is 0.462. The molecule has 1 aromatic carbocycles. The molecule has 0 bridgehead atoms. The van der Waals surface area contributed by atoms with Crippen molar-refractivity contribution in [3.05, 3.63) is 24.3 Å². The molecule has 1 aliphatic heterocycles. The lowest BCUT2D eigenvalue weighted by Crippen LogP contribution is -2.30. The highest BCUT2D eigenvalue weighted by Gasteiger charge is 2.39. The SMILES string of the molecule is CO[C@@H]1CN(S(=O)(=O)c2ccc(OCC(=O)O)cc2)C[C@H]1F. The number of hydrogen-bond donors (Lipinski definition) is 1. The van der Waals surface area contributed by atoms with E-state index in [1.165, 1.54) is 31.4 Å². The van der Waals surface area contributed by atoms with Gasteiger partial charge in [-0.2, -0.15) is 4.31 Å². The molecule has 2 rings (SSSR count). The Labute approximate surface area is 127 Å². The normalized spacial score (nSPS) is 22.6. The summed E-state index contributed by atoms with van der Waals surface area (Å²) in [7, 11) is -2.49. The molecule has 0 aromatic heterocycles. The van der Waals surface area contributed by atoms with E-state index in [1.54, 1.807) is 0 Å². The number of carboxylic acids is 1. The first-order valence-corrected chi connectivity index (χ1v) is 7.90. The summed E-state index contributed by atoms with van der Waals surface area (Å²) in [4.78, 5) is 10.4. The van der Waals surface area contributed by atoms with Gasteiger partial charge in [-0.15, -0.1) is 0 Å². The van der Waals surface area contributed by atoms with E-state index in [0.29, 0.717) is 0 Å². The van der Waals surface area contributed by atoms with E-state index < -0.39 is 34.9 Å². The molecule has 22 heavy (non-hydrogen) atoms. The number of sulfonamides is 1. The molecule has 0 radical (unpaired) electrons. The van der Waals surface area contributed by atoms with Gasteiger partial charge < -0.3 is 14.6 Å². The van der Waals surface area contributed by atoms with Gasteiger partial charge in [0.05, 0.1) is 4.90 Å². The Morgan fingerprint density at radius 3 is 2.50 bits per heavy atom. The Kier molecular flexibility index (Phi) is 4.99. The largest absolute Gasteiger partial charge is 0.482 e. The van der Waals surface area contributed by atoms with Crippen LogP contribution in [0.25, 0.3) is 0 Å². The highest BCUT2D eigenvalue weighted by Crippen LogP contribution is 2.25. The molecule has 1 fully saturated rings. The standard InChI is InChI=1S/C13H16FNO6S/c1-20-12-7-15(6-11(12)14)22(18,19)10-4-2-9(3-5-10)21-8-13(16)17/h2-5,11-12H,6-8H2,1H3,(H,16,17)/t11-,12-/m1/s1. The maximum Gasteiger partial charge on any atom is 0.341 e. The van der Waals surface area contributed by atoms with Gasteiger partial charge in [-0.1, -0.05) is 0 Å². The van der Waals surface area contributed by atoms with Crippen LogP contribution >= 0.6 is 0 Å². The van der Waals surface area contributed by atoms with Crippen LogP contribution in [0.1, 0.15) is 0 Å². The van der Waals surface area contributed by atoms with E-state index in [9.17, 15) is 17.6 Å². The van der Waals surface area contributed by atoms with E-state index in [4.69, 9.17) is 14.6 Å². The van der Waals surface area contributed by atoms with Crippen LogP contribution in [0.15, 0.2) is 29.2 Å². The number of rotatable bonds is 6. The molecule has 1 aromatic rings. The number of aliphatic carboxylic acids is 1. The maximum absolute atomic E-state index is 13.6. The van der Waals surface area contributed by atoms with Gasteiger partial charge in [0.1, 0.15) is 18.0 Å². The van der Waals surface area contributed by atoms with Gasteiger partial charge in [0.25, 0.3) is 0 Å². The Balaban J connectivity index is 2.11. The predicted molar refractivity (Wildman–Crippen MR) is 74.0 cm³/mol. The molecule has 0 aliphatic carbocycles. The molecule has 9 heteroatoms. The van der Waals surface area contributed by atoms with Crippen LogP contribution in [0.3, 0.4) is 0 Å². The Morgan fingerprint density at radius 2 is 2.00 bits per heavy atom. The molecular weight excluding hydrogens is 317 g/mol. The summed E-state index contributed by atoms with van der Waals surface area (Å²) in [5.41, 5.74) is 0. The van der Waals surface area contributed by atoms with E-state index in [0.717, 1.165) is 4.31 Å². The molecule has 0 unspecified atom stereocenters. The van der Waals surface area contributed by atoms with Gasteiger partial charge in [0, 0.05) is 20.2 Å². The van der Waals surface area contributed by atoms with E-state index in [1.807, 2.05) is 0 Å². The van der Waals surface area contributed by atoms with Gasteiger partial charge in [-0.05, 0) is 24.3 Å². The average Bonchev–Trinajstić information content (AvgIpc) is 2.87. The van der Waals surface area contributed by atoms with Gasteiger partial charge in [-0.3, -0.25) is 0 Å². The van der Waals surface area contributed by atoms with E-state index >= 15 is 0 Å². The smallest absolute Gasteiger partial charge is 0.341 e. The summed E-state index contributed by atoms with van der Waals surface area (Å²) in [6.45, 7) is -0.813. The zero-order valence-electron chi connectivity index (χ0n) is 11.8. The van der Waals surface area contributed by atoms with Crippen molar-refractivity contribution in [2.45, 2.75) is 17.2 Å². The molecule has 1 aliphatic rings. The first-order chi connectivity index (χ1) is 10.3. The summed E-state index contributed by atoms with van der Waals surface area (Å²) in [6, 6.07) is 5.29. The average molecular weight is 333 g/mol. The van der Waals surface area contributed by atoms with Crippen molar-refractivity contribution in [1.82, 2.24) is 4.31 Å². The molecule has 122 valence electrons. The highest BCUT2D eigenvalue weighted by molar-refractivity contribution is 7.89. The topological polar surface area (TPSA) is 93.1 Å². The maximum atomic E-state index is 13.6. The lowest BCUT2D eigenvalue weighted by Gasteiger charge is -2.16. The molecular formula is C13H16FNO6S. The van der Waals surface area contributed by atoms with Crippen molar-refractivity contribution in [1.29, 1.82) is 0 Å². The zero-order valence-corrected chi connectivity index (χ0v) is 12.6. The minimum atomic E-state index is -3.82. The van der Waals surface area contributed by atoms with Crippen LogP contribution in [0.2, 0.25) is 0 Å². The van der Waals surface area contributed by atoms with Crippen molar-refractivity contribution in [3.8, 4) is 5.75 Å². The summed E-state index contributed by atoms with van der Waals surface area (Å²) < 4.78 is 49.2. The summed E-state index contributed by atoms with van der Waals surface area (Å²) in [6.07, 6.45) is -2.13. The van der Waals surface area contributed by atoms with Crippen LogP contribution in [0.4, 0.5) is 4.39 Å². The fourth-order valence-corrected chi connectivity index (χ4v) is 3.58. The molecule has 0 spiro atoms. The number of halogens is 1. The van der Waals surface area contributed by atoms with Crippen LogP contribution in [-0.2, 0) is 19.6 Å². The second-order valence-corrected chi connectivity index (χ2v) is 6.70. The lowest BCUT2D eigenvalue weighted by atomic mass is 10.3. The van der Waals surface area contributed by atoms with Crippen molar-refractivity contribution in [3.63, 3.8) is 0 Å². The van der Waals surface area contributed by atoms with Gasteiger partial charge in [-0.25, -0.2) is 17.6 Å². The second-order valence-electron chi connectivity index (χ2n) is 4.77. The lowest BCUT2D eigenvalue weighted by molar-refractivity contribution is -0.139. The van der Waals surface area contributed by atoms with Crippen LogP contribution in [-0.4, -0.2) is 62.9 Å². The van der Waals surface area contributed by atoms with Gasteiger partial charge in [0.15, 0.2) is 6.61 Å². The van der Waals surface area contributed by atoms with Crippen LogP contribution < -0.4 is 4.74 Å². The van der Waals surface area contributed by atoms with Gasteiger partial charge >= 0.3 is 5.97 Å². The van der Waals surface area contributed by atoms with E-state index in [-0.39, 0.29) is 23.7 Å². The molecule has 1 N–H and O–H groups in total. The molecule has 0 amide bonds. The minimum Gasteiger partial charge on any atom is -0.482 e. The first kappa shape index (κ1) is 16.7. The number of benzene rings is 1. The van der Waals surface area contributed by atoms with Crippen LogP contribution in [0.5, 0.6) is 5.75 Å². The van der Waals surface area contributed by atoms with Crippen molar-refractivity contribution in [2.24, 2.45) is 0 Å². The minimum absolute atomic E-state index is 0.0147. The Hall–Kier alpha value is -1.71. The molecule has 0 saturated carbocycles. The summed E-state index contributed by atoms with van der Waals surface area (Å²) in [5.74, 6) is -0.894. The quantitative estimate of drug-likeness (QED) is 0.815. The molecule has 1 saturated heterocycles. The summed E-state index contributed by atoms with van der Waals surface area (Å²) in [5, 5.41) is 8.50. The second kappa shape index (κ2) is 6.59. The number of nitrogens with zero attached hydrogens (tertiary/aromatic N) is 1. The number of carboxylic acid groups (broad SMARTS) is 1. The number of carbonyl (C=O) groups is 1. The van der Waals surface area contributed by atoms with E-state index in [2.05, 4.69) is 0 Å². The molecule has 2 atom stereocenters. The fourth-order valence-electron chi connectivity index (χ4n) is 2.12. The van der Waals surface area contributed by atoms with Crippen molar-refractivity contribution < 1.29 is 32.2 Å². The number of methoxy groups -OCH3 is 1. The Morgan fingerprint density at radius 1 is 1.36 bits per heavy atom. The van der Waals surface area contributed by atoms with Crippen molar-refractivity contribution >= 4 is 16.0 Å². The molecule has 1 heterocycles. The number of hydrogen-bond acceptors (Lipinski definition) is 5. The third-order valence-electron chi connectivity index (χ3n) is 3.29. The monoisotopic (exact) mass is 333 g/mol. The van der Waals surface area contributed by atoms with Crippen molar-refractivity contribution in [2.75, 3.05) is 26.8 Å². The summed E-state index contributed by atoms with van der Waals surface area (Å²) >= 11 is 0. The van der Waals surface area contributed by atoms with Gasteiger partial charge in [0.2, 0.25) is 10.0 Å². The third kappa shape index (κ3) is 3.54. The van der Waals surface area contributed by atoms with Crippen LogP contribution in [0, 0.1) is 0 Å². The predicted octanol–water partition coefficient (Wildman–Crippen LogP) is 0.507. The zero-order chi connectivity index (χ0) is 16.3. The number of alkyl halides is 1. The third-order valence-corrected chi connectivity index (χ3v) is 5.14. The Bertz CT molecular complexity index is 632. The highest BCUT2D eigenvalue weighted by atomic mass is 32.2. The first-order valence-electron chi connectivity index (χ1n) is 6.46.